The lowest BCUT2D eigenvalue weighted by Gasteiger charge is -2.03. The molecular weight excluding hydrogens is 440 g/mol. The monoisotopic (exact) mass is 482 g/mol. The third-order valence-electron chi connectivity index (χ3n) is 7.88. The van der Waals surface area contributed by atoms with E-state index in [-0.39, 0.29) is 0 Å². The normalized spacial score (nSPS) is 12.1. The second-order valence-corrected chi connectivity index (χ2v) is 10.7. The lowest BCUT2D eigenvalue weighted by molar-refractivity contribution is 0.603. The van der Waals surface area contributed by atoms with Gasteiger partial charge in [-0.15, -0.1) is 0 Å². The second-order valence-electron chi connectivity index (χ2n) is 10.7. The highest BCUT2D eigenvalue weighted by Gasteiger charge is 2.16. The summed E-state index contributed by atoms with van der Waals surface area (Å²) in [5.41, 5.74) is 6.72. The van der Waals surface area contributed by atoms with Gasteiger partial charge in [0.1, 0.15) is 22.3 Å². The fourth-order valence-corrected chi connectivity index (χ4v) is 5.79. The molecule has 2 heterocycles. The second kappa shape index (κ2) is 12.0. The third kappa shape index (κ3) is 5.33. The molecule has 190 valence electrons. The van der Waals surface area contributed by atoms with Gasteiger partial charge in [-0.2, -0.15) is 0 Å². The van der Waals surface area contributed by atoms with Crippen LogP contribution in [0.4, 0.5) is 0 Å². The quantitative estimate of drug-likeness (QED) is 0.147. The zero-order chi connectivity index (χ0) is 24.7. The van der Waals surface area contributed by atoms with E-state index < -0.39 is 0 Å². The molecule has 0 N–H and O–H groups in total. The van der Waals surface area contributed by atoms with Crippen LogP contribution in [0.3, 0.4) is 0 Å². The fourth-order valence-electron chi connectivity index (χ4n) is 5.79. The molecule has 0 saturated heterocycles. The van der Waals surface area contributed by atoms with E-state index in [2.05, 4.69) is 62.4 Å². The number of aryl methyl sites for hydroxylation is 2. The van der Waals surface area contributed by atoms with E-state index in [9.17, 15) is 0 Å². The maximum absolute atomic E-state index is 6.51. The van der Waals surface area contributed by atoms with Crippen molar-refractivity contribution in [1.82, 2.24) is 0 Å². The summed E-state index contributed by atoms with van der Waals surface area (Å²) in [4.78, 5) is 0. The van der Waals surface area contributed by atoms with Crippen molar-refractivity contribution in [2.24, 2.45) is 0 Å². The molecule has 2 aromatic heterocycles. The van der Waals surface area contributed by atoms with Crippen molar-refractivity contribution in [2.75, 3.05) is 0 Å². The summed E-state index contributed by atoms with van der Waals surface area (Å²) in [6.07, 6.45) is 18.0. The van der Waals surface area contributed by atoms with Crippen molar-refractivity contribution < 1.29 is 8.83 Å². The molecule has 0 saturated carbocycles. The highest BCUT2D eigenvalue weighted by Crippen LogP contribution is 2.38. The number of hydrogen-bond acceptors (Lipinski definition) is 2. The van der Waals surface area contributed by atoms with Crippen LogP contribution in [0, 0.1) is 0 Å². The molecule has 0 aliphatic rings. The molecule has 0 aliphatic carbocycles. The van der Waals surface area contributed by atoms with Crippen molar-refractivity contribution >= 4 is 43.9 Å². The van der Waals surface area contributed by atoms with E-state index in [0.717, 1.165) is 35.2 Å². The van der Waals surface area contributed by atoms with Crippen molar-refractivity contribution in [3.05, 3.63) is 59.7 Å². The Hall–Kier alpha value is -2.74. The molecule has 0 unspecified atom stereocenters. The van der Waals surface area contributed by atoms with Crippen LogP contribution in [-0.4, -0.2) is 0 Å². The molecule has 0 amide bonds. The van der Waals surface area contributed by atoms with E-state index in [1.165, 1.54) is 110 Å². The molecule has 0 spiro atoms. The molecule has 0 radical (unpaired) electrons. The molecule has 0 aliphatic heterocycles. The number of benzene rings is 3. The molecule has 2 nitrogen and oxygen atoms in total. The van der Waals surface area contributed by atoms with E-state index in [1.807, 2.05) is 0 Å². The zero-order valence-corrected chi connectivity index (χ0v) is 22.3. The number of furan rings is 2. The molecule has 3 aromatic carbocycles. The summed E-state index contributed by atoms with van der Waals surface area (Å²) in [6.45, 7) is 4.55. The SMILES string of the molecule is CCCCCCCCc1cccc2c1oc1cc3c(cc12)oc1c(CCCCCCCC)cccc13. The summed E-state index contributed by atoms with van der Waals surface area (Å²) < 4.78 is 13.0. The van der Waals surface area contributed by atoms with Gasteiger partial charge in [0.25, 0.3) is 0 Å². The van der Waals surface area contributed by atoms with E-state index in [4.69, 9.17) is 8.83 Å². The van der Waals surface area contributed by atoms with E-state index in [1.54, 1.807) is 0 Å². The van der Waals surface area contributed by atoms with Gasteiger partial charge in [-0.25, -0.2) is 0 Å². The van der Waals surface area contributed by atoms with Crippen LogP contribution in [-0.2, 0) is 12.8 Å². The Bertz CT molecular complexity index is 1310. The predicted octanol–water partition coefficient (Wildman–Crippen LogP) is 11.3. The average molecular weight is 483 g/mol. The molecule has 0 fully saturated rings. The van der Waals surface area contributed by atoms with Crippen LogP contribution < -0.4 is 0 Å². The Kier molecular flexibility index (Phi) is 8.31. The van der Waals surface area contributed by atoms with Crippen LogP contribution in [0.5, 0.6) is 0 Å². The van der Waals surface area contributed by atoms with Gasteiger partial charge in [0.2, 0.25) is 0 Å². The lowest BCUT2D eigenvalue weighted by Crippen LogP contribution is -1.87. The zero-order valence-electron chi connectivity index (χ0n) is 22.3. The number of para-hydroxylation sites is 2. The Balaban J connectivity index is 1.39. The largest absolute Gasteiger partial charge is 0.456 e. The molecule has 0 atom stereocenters. The van der Waals surface area contributed by atoms with Crippen LogP contribution >= 0.6 is 0 Å². The summed E-state index contributed by atoms with van der Waals surface area (Å²) in [5, 5.41) is 4.75. The molecule has 5 rings (SSSR count). The molecular formula is C34H42O2. The van der Waals surface area contributed by atoms with Gasteiger partial charge in [-0.3, -0.25) is 0 Å². The summed E-state index contributed by atoms with van der Waals surface area (Å²) >= 11 is 0. The van der Waals surface area contributed by atoms with Gasteiger partial charge in [-0.1, -0.05) is 114 Å². The standard InChI is InChI=1S/C34H42O2/c1-3-5-7-9-11-13-17-25-19-15-21-27-29-23-32-30(24-31(29)35-33(25)27)28-22-16-20-26(34(28)36-32)18-14-12-10-8-6-4-2/h15-16,19-24H,3-14,17-18H2,1-2H3. The van der Waals surface area contributed by atoms with Crippen LogP contribution in [0.2, 0.25) is 0 Å². The average Bonchev–Trinajstić information content (AvgIpc) is 3.45. The summed E-state index contributed by atoms with van der Waals surface area (Å²) in [6, 6.07) is 17.7. The van der Waals surface area contributed by atoms with Gasteiger partial charge < -0.3 is 8.83 Å². The number of fused-ring (bicyclic) bond motifs is 6. The first-order valence-corrected chi connectivity index (χ1v) is 14.6. The predicted molar refractivity (Wildman–Crippen MR) is 155 cm³/mol. The fraction of sp³-hybridized carbons (Fsp3) is 0.471. The van der Waals surface area contributed by atoms with Crippen molar-refractivity contribution in [3.8, 4) is 0 Å². The van der Waals surface area contributed by atoms with Crippen molar-refractivity contribution in [3.63, 3.8) is 0 Å². The van der Waals surface area contributed by atoms with Gasteiger partial charge in [0, 0.05) is 21.5 Å². The Morgan fingerprint density at radius 2 is 0.889 bits per heavy atom. The first kappa shape index (κ1) is 24.9. The van der Waals surface area contributed by atoms with Gasteiger partial charge in [0.05, 0.1) is 0 Å². The minimum absolute atomic E-state index is 0.969. The van der Waals surface area contributed by atoms with Crippen molar-refractivity contribution in [1.29, 1.82) is 0 Å². The molecule has 5 aromatic rings. The van der Waals surface area contributed by atoms with Crippen LogP contribution in [0.25, 0.3) is 43.9 Å². The molecule has 36 heavy (non-hydrogen) atoms. The summed E-state index contributed by atoms with van der Waals surface area (Å²) in [7, 11) is 0. The van der Waals surface area contributed by atoms with Gasteiger partial charge in [0.15, 0.2) is 0 Å². The first-order valence-electron chi connectivity index (χ1n) is 14.6. The van der Waals surface area contributed by atoms with Gasteiger partial charge >= 0.3 is 0 Å². The van der Waals surface area contributed by atoms with Crippen LogP contribution in [0.15, 0.2) is 57.4 Å². The number of hydrogen-bond donors (Lipinski definition) is 0. The van der Waals surface area contributed by atoms with E-state index >= 15 is 0 Å². The molecule has 0 bridgehead atoms. The molecule has 2 heteroatoms. The Labute approximate surface area is 216 Å². The summed E-state index contributed by atoms with van der Waals surface area (Å²) in [5.74, 6) is 0. The highest BCUT2D eigenvalue weighted by molar-refractivity contribution is 6.15. The first-order chi connectivity index (χ1) is 17.8. The maximum Gasteiger partial charge on any atom is 0.138 e. The van der Waals surface area contributed by atoms with Crippen LogP contribution in [0.1, 0.15) is 102 Å². The van der Waals surface area contributed by atoms with Gasteiger partial charge in [-0.05, 0) is 48.9 Å². The third-order valence-corrected chi connectivity index (χ3v) is 7.88. The number of rotatable bonds is 14. The lowest BCUT2D eigenvalue weighted by atomic mass is 10.0. The van der Waals surface area contributed by atoms with E-state index in [0.29, 0.717) is 0 Å². The Morgan fingerprint density at radius 1 is 0.472 bits per heavy atom. The minimum atomic E-state index is 0.969. The minimum Gasteiger partial charge on any atom is -0.456 e. The maximum atomic E-state index is 6.51. The number of unbranched alkanes of at least 4 members (excludes halogenated alkanes) is 10. The van der Waals surface area contributed by atoms with Crippen molar-refractivity contribution in [2.45, 2.75) is 104 Å². The smallest absolute Gasteiger partial charge is 0.138 e. The highest BCUT2D eigenvalue weighted by atomic mass is 16.3. The Morgan fingerprint density at radius 3 is 1.33 bits per heavy atom. The topological polar surface area (TPSA) is 26.3 Å².